The van der Waals surface area contributed by atoms with Crippen molar-refractivity contribution in [2.75, 3.05) is 6.54 Å². The van der Waals surface area contributed by atoms with Crippen LogP contribution in [-0.4, -0.2) is 41.4 Å². The van der Waals surface area contributed by atoms with E-state index in [1.54, 1.807) is 13.8 Å². The van der Waals surface area contributed by atoms with Crippen molar-refractivity contribution in [2.45, 2.75) is 51.1 Å². The number of carbonyl (C=O) groups is 1. The van der Waals surface area contributed by atoms with Crippen LogP contribution in [0.1, 0.15) is 35.0 Å². The Labute approximate surface area is 150 Å². The van der Waals surface area contributed by atoms with Gasteiger partial charge in [0.15, 0.2) is 5.76 Å². The number of nitrogens with one attached hydrogen (secondary N) is 1. The molecule has 2 aromatic rings. The Bertz CT molecular complexity index is 868. The molecule has 1 unspecified atom stereocenters. The molecule has 10 heteroatoms. The number of aryl methyl sites for hydroxylation is 3. The lowest BCUT2D eigenvalue weighted by Crippen LogP contribution is -2.45. The summed E-state index contributed by atoms with van der Waals surface area (Å²) in [6.07, 6.45) is 1.13. The quantitative estimate of drug-likeness (QED) is 0.838. The van der Waals surface area contributed by atoms with Gasteiger partial charge in [-0.2, -0.15) is 4.31 Å². The molecule has 1 fully saturated rings. The molecule has 1 N–H and O–H groups in total. The first-order chi connectivity index (χ1) is 11.8. The van der Waals surface area contributed by atoms with Gasteiger partial charge in [0.1, 0.15) is 16.6 Å². The highest BCUT2D eigenvalue weighted by Crippen LogP contribution is 2.29. The first-order valence-electron chi connectivity index (χ1n) is 7.94. The second-order valence-electron chi connectivity index (χ2n) is 6.00. The maximum Gasteiger partial charge on any atom is 0.249 e. The van der Waals surface area contributed by atoms with Crippen molar-refractivity contribution in [1.29, 1.82) is 0 Å². The second-order valence-corrected chi connectivity index (χ2v) is 8.89. The minimum atomic E-state index is -3.83. The largest absolute Gasteiger partial charge is 0.360 e. The summed E-state index contributed by atoms with van der Waals surface area (Å²) in [5.74, 6) is -0.0694. The van der Waals surface area contributed by atoms with Gasteiger partial charge in [0, 0.05) is 11.9 Å². The second kappa shape index (κ2) is 6.85. The number of aromatic nitrogens is 2. The summed E-state index contributed by atoms with van der Waals surface area (Å²) in [5, 5.41) is 9.31. The number of nitrogens with zero attached hydrogens (tertiary/aromatic N) is 3. The van der Waals surface area contributed by atoms with Gasteiger partial charge in [-0.05, 0) is 33.6 Å². The van der Waals surface area contributed by atoms with Gasteiger partial charge in [0.2, 0.25) is 15.9 Å². The zero-order chi connectivity index (χ0) is 18.2. The van der Waals surface area contributed by atoms with E-state index in [0.29, 0.717) is 31.6 Å². The van der Waals surface area contributed by atoms with Gasteiger partial charge in [-0.3, -0.25) is 4.79 Å². The van der Waals surface area contributed by atoms with Crippen LogP contribution in [0.2, 0.25) is 0 Å². The summed E-state index contributed by atoms with van der Waals surface area (Å²) < 4.78 is 32.2. The Morgan fingerprint density at radius 2 is 2.20 bits per heavy atom. The Morgan fingerprint density at radius 1 is 1.44 bits per heavy atom. The van der Waals surface area contributed by atoms with Gasteiger partial charge in [0.05, 0.1) is 17.2 Å². The Balaban J connectivity index is 1.76. The first kappa shape index (κ1) is 18.0. The minimum Gasteiger partial charge on any atom is -0.360 e. The van der Waals surface area contributed by atoms with Crippen LogP contribution in [0.4, 0.5) is 0 Å². The number of hydrogen-bond acceptors (Lipinski definition) is 7. The highest BCUT2D eigenvalue weighted by molar-refractivity contribution is 7.89. The summed E-state index contributed by atoms with van der Waals surface area (Å²) in [6, 6.07) is -0.724. The average molecular weight is 384 g/mol. The van der Waals surface area contributed by atoms with Crippen molar-refractivity contribution < 1.29 is 17.7 Å². The number of hydrogen-bond donors (Lipinski definition) is 1. The molecule has 1 saturated heterocycles. The number of thiazole rings is 1. The monoisotopic (exact) mass is 384 g/mol. The van der Waals surface area contributed by atoms with E-state index in [2.05, 4.69) is 15.5 Å². The fourth-order valence-corrected chi connectivity index (χ4v) is 5.60. The molecule has 8 nitrogen and oxygen atoms in total. The normalized spacial score (nSPS) is 18.6. The van der Waals surface area contributed by atoms with Crippen LogP contribution in [-0.2, 0) is 21.4 Å². The van der Waals surface area contributed by atoms with E-state index in [9.17, 15) is 13.2 Å². The third-order valence-electron chi connectivity index (χ3n) is 4.15. The van der Waals surface area contributed by atoms with Crippen molar-refractivity contribution in [1.82, 2.24) is 19.8 Å². The summed E-state index contributed by atoms with van der Waals surface area (Å²) in [7, 11) is -3.83. The third kappa shape index (κ3) is 3.46. The molecular weight excluding hydrogens is 364 g/mol. The predicted octanol–water partition coefficient (Wildman–Crippen LogP) is 1.53. The summed E-state index contributed by atoms with van der Waals surface area (Å²) in [5.41, 5.74) is 1.08. The Morgan fingerprint density at radius 3 is 2.80 bits per heavy atom. The van der Waals surface area contributed by atoms with Crippen molar-refractivity contribution in [3.8, 4) is 0 Å². The van der Waals surface area contributed by atoms with Crippen LogP contribution in [0.15, 0.2) is 14.8 Å². The molecule has 1 aliphatic rings. The van der Waals surface area contributed by atoms with E-state index in [1.165, 1.54) is 15.6 Å². The molecule has 136 valence electrons. The number of sulfonamides is 1. The lowest BCUT2D eigenvalue weighted by molar-refractivity contribution is -0.124. The molecular formula is C15H20N4O4S2. The molecule has 0 saturated carbocycles. The molecule has 0 radical (unpaired) electrons. The zero-order valence-electron chi connectivity index (χ0n) is 14.3. The molecule has 3 heterocycles. The van der Waals surface area contributed by atoms with E-state index in [-0.39, 0.29) is 16.6 Å². The molecule has 1 atom stereocenters. The maximum atomic E-state index is 13.0. The van der Waals surface area contributed by atoms with Crippen LogP contribution in [0, 0.1) is 20.8 Å². The van der Waals surface area contributed by atoms with Crippen molar-refractivity contribution in [2.24, 2.45) is 0 Å². The zero-order valence-corrected chi connectivity index (χ0v) is 15.9. The molecule has 2 aromatic heterocycles. The fourth-order valence-electron chi connectivity index (χ4n) is 3.03. The standard InChI is InChI=1S/C15H20N4O4S2/c1-9-14(10(2)23-18-9)25(21,22)19-6-4-5-13(19)15(20)16-7-12-8-24-11(3)17-12/h8,13H,4-7H2,1-3H3,(H,16,20). The van der Waals surface area contributed by atoms with Gasteiger partial charge in [-0.15, -0.1) is 11.3 Å². The Hall–Kier alpha value is -1.78. The number of rotatable bonds is 5. The fraction of sp³-hybridized carbons (Fsp3) is 0.533. The number of amides is 1. The topological polar surface area (TPSA) is 105 Å². The van der Waals surface area contributed by atoms with E-state index < -0.39 is 16.1 Å². The van der Waals surface area contributed by atoms with E-state index in [4.69, 9.17) is 4.52 Å². The van der Waals surface area contributed by atoms with Crippen LogP contribution >= 0.6 is 11.3 Å². The van der Waals surface area contributed by atoms with Crippen LogP contribution in [0.25, 0.3) is 0 Å². The molecule has 0 bridgehead atoms. The third-order valence-corrected chi connectivity index (χ3v) is 7.13. The SMILES string of the molecule is Cc1nc(CNC(=O)C2CCCN2S(=O)(=O)c2c(C)noc2C)cs1. The van der Waals surface area contributed by atoms with Crippen molar-refractivity contribution in [3.63, 3.8) is 0 Å². The van der Waals surface area contributed by atoms with Crippen molar-refractivity contribution in [3.05, 3.63) is 27.5 Å². The molecule has 3 rings (SSSR count). The molecule has 0 aromatic carbocycles. The Kier molecular flexibility index (Phi) is 4.94. The molecule has 25 heavy (non-hydrogen) atoms. The van der Waals surface area contributed by atoms with Gasteiger partial charge in [-0.1, -0.05) is 5.16 Å². The van der Waals surface area contributed by atoms with Crippen molar-refractivity contribution >= 4 is 27.3 Å². The van der Waals surface area contributed by atoms with Crippen LogP contribution in [0.3, 0.4) is 0 Å². The first-order valence-corrected chi connectivity index (χ1v) is 10.3. The average Bonchev–Trinajstić information content (AvgIpc) is 3.25. The predicted molar refractivity (Wildman–Crippen MR) is 91.6 cm³/mol. The summed E-state index contributed by atoms with van der Waals surface area (Å²) >= 11 is 1.51. The van der Waals surface area contributed by atoms with E-state index >= 15 is 0 Å². The lowest BCUT2D eigenvalue weighted by Gasteiger charge is -2.23. The smallest absolute Gasteiger partial charge is 0.249 e. The molecule has 1 amide bonds. The van der Waals surface area contributed by atoms with Gasteiger partial charge in [-0.25, -0.2) is 13.4 Å². The molecule has 0 spiro atoms. The summed E-state index contributed by atoms with van der Waals surface area (Å²) in [4.78, 5) is 16.9. The van der Waals surface area contributed by atoms with Gasteiger partial charge < -0.3 is 9.84 Å². The van der Waals surface area contributed by atoms with Crippen LogP contribution < -0.4 is 5.32 Å². The van der Waals surface area contributed by atoms with Gasteiger partial charge >= 0.3 is 0 Å². The van der Waals surface area contributed by atoms with E-state index in [1.807, 2.05) is 12.3 Å². The minimum absolute atomic E-state index is 0.0577. The maximum absolute atomic E-state index is 13.0. The van der Waals surface area contributed by atoms with Gasteiger partial charge in [0.25, 0.3) is 0 Å². The number of carbonyl (C=O) groups excluding carboxylic acids is 1. The van der Waals surface area contributed by atoms with E-state index in [0.717, 1.165) is 10.7 Å². The van der Waals surface area contributed by atoms with Crippen LogP contribution in [0.5, 0.6) is 0 Å². The highest BCUT2D eigenvalue weighted by Gasteiger charge is 2.41. The molecule has 0 aliphatic carbocycles. The lowest BCUT2D eigenvalue weighted by atomic mass is 10.2. The highest BCUT2D eigenvalue weighted by atomic mass is 32.2. The summed E-state index contributed by atoms with van der Waals surface area (Å²) in [6.45, 7) is 5.63. The molecule has 1 aliphatic heterocycles.